The third kappa shape index (κ3) is 1.25. The Morgan fingerprint density at radius 1 is 1.42 bits per heavy atom. The van der Waals surface area contributed by atoms with Gasteiger partial charge in [-0.15, -0.1) is 0 Å². The van der Waals surface area contributed by atoms with Crippen LogP contribution in [0.2, 0.25) is 0 Å². The predicted molar refractivity (Wildman–Crippen MR) is 47.8 cm³/mol. The largest absolute Gasteiger partial charge is 0.344 e. The van der Waals surface area contributed by atoms with E-state index in [-0.39, 0.29) is 6.04 Å². The summed E-state index contributed by atoms with van der Waals surface area (Å²) in [6.07, 6.45) is 4.83. The highest BCUT2D eigenvalue weighted by Crippen LogP contribution is 2.20. The third-order valence-corrected chi connectivity index (χ3v) is 2.40. The Hall–Kier alpha value is -0.830. The molecule has 1 heterocycles. The molecular formula is C9H15N3. The number of H-pyrrole nitrogens is 1. The number of nitrogens with one attached hydrogen (secondary N) is 1. The van der Waals surface area contributed by atoms with Crippen molar-refractivity contribution in [1.82, 2.24) is 9.97 Å². The van der Waals surface area contributed by atoms with Crippen molar-refractivity contribution in [3.8, 4) is 0 Å². The van der Waals surface area contributed by atoms with Gasteiger partial charge in [0.25, 0.3) is 0 Å². The summed E-state index contributed by atoms with van der Waals surface area (Å²) < 4.78 is 0. The molecule has 0 saturated heterocycles. The molecule has 1 aliphatic carbocycles. The molecule has 1 aliphatic rings. The zero-order valence-electron chi connectivity index (χ0n) is 7.43. The second kappa shape index (κ2) is 2.90. The van der Waals surface area contributed by atoms with Gasteiger partial charge >= 0.3 is 0 Å². The summed E-state index contributed by atoms with van der Waals surface area (Å²) in [6, 6.07) is 0.0376. The van der Waals surface area contributed by atoms with Gasteiger partial charge in [0.15, 0.2) is 0 Å². The molecule has 0 aromatic carbocycles. The Bertz CT molecular complexity index is 252. The second-order valence-corrected chi connectivity index (χ2v) is 3.54. The third-order valence-electron chi connectivity index (χ3n) is 2.40. The molecule has 66 valence electrons. The van der Waals surface area contributed by atoms with Crippen LogP contribution >= 0.6 is 0 Å². The highest BCUT2D eigenvalue weighted by molar-refractivity contribution is 5.18. The maximum Gasteiger partial charge on any atom is 0.123 e. The van der Waals surface area contributed by atoms with E-state index in [1.54, 1.807) is 0 Å². The van der Waals surface area contributed by atoms with E-state index in [2.05, 4.69) is 9.97 Å². The topological polar surface area (TPSA) is 54.7 Å². The SMILES string of the molecule is C[C@H](N)c1nc2c([nH]1)CCCC2. The summed E-state index contributed by atoms with van der Waals surface area (Å²) in [6.45, 7) is 1.96. The summed E-state index contributed by atoms with van der Waals surface area (Å²) in [7, 11) is 0. The molecule has 0 radical (unpaired) electrons. The van der Waals surface area contributed by atoms with Gasteiger partial charge in [0, 0.05) is 5.69 Å². The Labute approximate surface area is 72.4 Å². The predicted octanol–water partition coefficient (Wildman–Crippen LogP) is 1.31. The lowest BCUT2D eigenvalue weighted by atomic mass is 10.0. The van der Waals surface area contributed by atoms with Gasteiger partial charge in [0.05, 0.1) is 11.7 Å². The van der Waals surface area contributed by atoms with Crippen LogP contribution in [0, 0.1) is 0 Å². The molecule has 12 heavy (non-hydrogen) atoms. The summed E-state index contributed by atoms with van der Waals surface area (Å²) in [5.41, 5.74) is 8.29. The maximum absolute atomic E-state index is 5.73. The van der Waals surface area contributed by atoms with Crippen LogP contribution in [0.4, 0.5) is 0 Å². The minimum Gasteiger partial charge on any atom is -0.344 e. The van der Waals surface area contributed by atoms with Crippen molar-refractivity contribution in [2.45, 2.75) is 38.6 Å². The van der Waals surface area contributed by atoms with Gasteiger partial charge in [-0.2, -0.15) is 0 Å². The van der Waals surface area contributed by atoms with Gasteiger partial charge in [0.2, 0.25) is 0 Å². The fourth-order valence-electron chi connectivity index (χ4n) is 1.69. The van der Waals surface area contributed by atoms with Crippen LogP contribution in [0.1, 0.15) is 43.0 Å². The Morgan fingerprint density at radius 2 is 2.17 bits per heavy atom. The van der Waals surface area contributed by atoms with Gasteiger partial charge < -0.3 is 10.7 Å². The number of aryl methyl sites for hydroxylation is 2. The molecular weight excluding hydrogens is 150 g/mol. The fraction of sp³-hybridized carbons (Fsp3) is 0.667. The number of aromatic amines is 1. The first kappa shape index (κ1) is 7.80. The molecule has 0 bridgehead atoms. The minimum absolute atomic E-state index is 0.0376. The highest BCUT2D eigenvalue weighted by atomic mass is 15.0. The van der Waals surface area contributed by atoms with E-state index in [4.69, 9.17) is 5.73 Å². The van der Waals surface area contributed by atoms with Crippen molar-refractivity contribution in [2.75, 3.05) is 0 Å². The molecule has 0 amide bonds. The molecule has 2 rings (SSSR count). The number of hydrogen-bond donors (Lipinski definition) is 2. The first-order valence-electron chi connectivity index (χ1n) is 4.60. The maximum atomic E-state index is 5.73. The van der Waals surface area contributed by atoms with Gasteiger partial charge in [-0.3, -0.25) is 0 Å². The Morgan fingerprint density at radius 3 is 2.83 bits per heavy atom. The van der Waals surface area contributed by atoms with Crippen molar-refractivity contribution in [3.05, 3.63) is 17.2 Å². The number of nitrogens with zero attached hydrogens (tertiary/aromatic N) is 1. The minimum atomic E-state index is 0.0376. The molecule has 0 spiro atoms. The first-order chi connectivity index (χ1) is 5.77. The van der Waals surface area contributed by atoms with Crippen molar-refractivity contribution in [3.63, 3.8) is 0 Å². The van der Waals surface area contributed by atoms with E-state index in [0.717, 1.165) is 18.7 Å². The van der Waals surface area contributed by atoms with Crippen LogP contribution in [0.3, 0.4) is 0 Å². The monoisotopic (exact) mass is 165 g/mol. The second-order valence-electron chi connectivity index (χ2n) is 3.54. The standard InChI is InChI=1S/C9H15N3/c1-6(10)9-11-7-4-2-3-5-8(7)12-9/h6H,2-5,10H2,1H3,(H,11,12)/t6-/m0/s1. The number of aromatic nitrogens is 2. The number of fused-ring (bicyclic) bond motifs is 1. The Kier molecular flexibility index (Phi) is 1.89. The van der Waals surface area contributed by atoms with Crippen LogP contribution in [-0.4, -0.2) is 9.97 Å². The van der Waals surface area contributed by atoms with Gasteiger partial charge in [0.1, 0.15) is 5.82 Å². The lowest BCUT2D eigenvalue weighted by molar-refractivity contribution is 0.667. The highest BCUT2D eigenvalue weighted by Gasteiger charge is 2.15. The van der Waals surface area contributed by atoms with E-state index >= 15 is 0 Å². The van der Waals surface area contributed by atoms with Gasteiger partial charge in [-0.25, -0.2) is 4.98 Å². The van der Waals surface area contributed by atoms with E-state index in [0.29, 0.717) is 0 Å². The zero-order chi connectivity index (χ0) is 8.55. The van der Waals surface area contributed by atoms with E-state index in [1.165, 1.54) is 24.2 Å². The molecule has 1 atom stereocenters. The number of nitrogens with two attached hydrogens (primary N) is 1. The van der Waals surface area contributed by atoms with Crippen LogP contribution in [0.5, 0.6) is 0 Å². The van der Waals surface area contributed by atoms with E-state index in [9.17, 15) is 0 Å². The fourth-order valence-corrected chi connectivity index (χ4v) is 1.69. The van der Waals surface area contributed by atoms with Crippen LogP contribution in [0.15, 0.2) is 0 Å². The summed E-state index contributed by atoms with van der Waals surface area (Å²) >= 11 is 0. The van der Waals surface area contributed by atoms with Crippen molar-refractivity contribution in [2.24, 2.45) is 5.73 Å². The van der Waals surface area contributed by atoms with E-state index < -0.39 is 0 Å². The van der Waals surface area contributed by atoms with Crippen LogP contribution in [-0.2, 0) is 12.8 Å². The number of hydrogen-bond acceptors (Lipinski definition) is 2. The molecule has 0 saturated carbocycles. The normalized spacial score (nSPS) is 18.8. The molecule has 1 aromatic heterocycles. The summed E-state index contributed by atoms with van der Waals surface area (Å²) in [5.74, 6) is 0.946. The average Bonchev–Trinajstić information content (AvgIpc) is 2.46. The van der Waals surface area contributed by atoms with Crippen molar-refractivity contribution >= 4 is 0 Å². The van der Waals surface area contributed by atoms with Crippen molar-refractivity contribution < 1.29 is 0 Å². The van der Waals surface area contributed by atoms with Gasteiger partial charge in [-0.05, 0) is 32.6 Å². The van der Waals surface area contributed by atoms with E-state index in [1.807, 2.05) is 6.92 Å². The molecule has 0 unspecified atom stereocenters. The molecule has 0 fully saturated rings. The molecule has 0 aliphatic heterocycles. The lowest BCUT2D eigenvalue weighted by Gasteiger charge is -2.07. The smallest absolute Gasteiger partial charge is 0.123 e. The Balaban J connectivity index is 2.32. The van der Waals surface area contributed by atoms with Crippen molar-refractivity contribution in [1.29, 1.82) is 0 Å². The molecule has 3 N–H and O–H groups in total. The summed E-state index contributed by atoms with van der Waals surface area (Å²) in [4.78, 5) is 7.77. The number of imidazole rings is 1. The average molecular weight is 165 g/mol. The lowest BCUT2D eigenvalue weighted by Crippen LogP contribution is -2.06. The quantitative estimate of drug-likeness (QED) is 0.659. The van der Waals surface area contributed by atoms with Gasteiger partial charge in [-0.1, -0.05) is 0 Å². The van der Waals surface area contributed by atoms with Crippen LogP contribution < -0.4 is 5.73 Å². The van der Waals surface area contributed by atoms with Crippen LogP contribution in [0.25, 0.3) is 0 Å². The first-order valence-corrected chi connectivity index (χ1v) is 4.60. The summed E-state index contributed by atoms with van der Waals surface area (Å²) in [5, 5.41) is 0. The molecule has 3 nitrogen and oxygen atoms in total. The number of rotatable bonds is 1. The zero-order valence-corrected chi connectivity index (χ0v) is 7.43. The molecule has 3 heteroatoms. The molecule has 1 aromatic rings.